The van der Waals surface area contributed by atoms with E-state index in [2.05, 4.69) is 11.3 Å². The van der Waals surface area contributed by atoms with Gasteiger partial charge in [0.05, 0.1) is 12.7 Å². The molecule has 0 unspecified atom stereocenters. The molecule has 102 valence electrons. The molecule has 0 bridgehead atoms. The summed E-state index contributed by atoms with van der Waals surface area (Å²) in [5.41, 5.74) is 0.839. The first-order valence-electron chi connectivity index (χ1n) is 5.92. The van der Waals surface area contributed by atoms with Gasteiger partial charge in [-0.15, -0.1) is 0 Å². The summed E-state index contributed by atoms with van der Waals surface area (Å²) in [6.45, 7) is 3.74. The van der Waals surface area contributed by atoms with Crippen molar-refractivity contribution in [3.8, 4) is 11.5 Å². The van der Waals surface area contributed by atoms with Gasteiger partial charge in [0.2, 0.25) is 0 Å². The molecule has 0 fully saturated rings. The predicted molar refractivity (Wildman–Crippen MR) is 79.0 cm³/mol. The zero-order valence-corrected chi connectivity index (χ0v) is 11.7. The van der Waals surface area contributed by atoms with Gasteiger partial charge in [0.25, 0.3) is 0 Å². The number of hydrogen-bond donors (Lipinski definition) is 0. The normalized spacial score (nSPS) is 9.90. The second-order valence-corrected chi connectivity index (χ2v) is 4.46. The number of methoxy groups -OCH3 is 1. The molecule has 0 aromatic heterocycles. The molecule has 0 saturated heterocycles. The minimum absolute atomic E-state index is 0.247. The van der Waals surface area contributed by atoms with Crippen LogP contribution in [0.4, 0.5) is 0 Å². The van der Waals surface area contributed by atoms with Crippen LogP contribution >= 0.6 is 11.6 Å². The number of hydrogen-bond acceptors (Lipinski definition) is 3. The molecule has 20 heavy (non-hydrogen) atoms. The van der Waals surface area contributed by atoms with Gasteiger partial charge in [-0.25, -0.2) is 4.79 Å². The van der Waals surface area contributed by atoms with Gasteiger partial charge >= 0.3 is 5.97 Å². The van der Waals surface area contributed by atoms with E-state index in [9.17, 15) is 4.79 Å². The summed E-state index contributed by atoms with van der Waals surface area (Å²) < 4.78 is 10.4. The van der Waals surface area contributed by atoms with Crippen molar-refractivity contribution in [2.45, 2.75) is 0 Å². The van der Waals surface area contributed by atoms with Crippen molar-refractivity contribution in [3.63, 3.8) is 0 Å². The van der Waals surface area contributed by atoms with E-state index in [1.807, 2.05) is 6.07 Å². The largest absolute Gasteiger partial charge is 0.465 e. The van der Waals surface area contributed by atoms with E-state index >= 15 is 0 Å². The quantitative estimate of drug-likeness (QED) is 0.621. The van der Waals surface area contributed by atoms with E-state index in [-0.39, 0.29) is 5.57 Å². The lowest BCUT2D eigenvalue weighted by Crippen LogP contribution is -2.03. The molecule has 0 spiro atoms. The van der Waals surface area contributed by atoms with E-state index in [0.29, 0.717) is 22.1 Å². The van der Waals surface area contributed by atoms with E-state index in [0.717, 1.165) is 0 Å². The third-order valence-electron chi connectivity index (χ3n) is 2.69. The van der Waals surface area contributed by atoms with Crippen LogP contribution in [0.2, 0.25) is 5.02 Å². The van der Waals surface area contributed by atoms with Crippen LogP contribution in [0.5, 0.6) is 11.5 Å². The van der Waals surface area contributed by atoms with Crippen LogP contribution in [-0.4, -0.2) is 13.1 Å². The van der Waals surface area contributed by atoms with Crippen LogP contribution < -0.4 is 4.74 Å². The topological polar surface area (TPSA) is 35.5 Å². The lowest BCUT2D eigenvalue weighted by molar-refractivity contribution is -0.133. The molecule has 0 N–H and O–H groups in total. The number of benzene rings is 2. The first kappa shape index (κ1) is 14.2. The van der Waals surface area contributed by atoms with Gasteiger partial charge in [0, 0.05) is 10.6 Å². The second kappa shape index (κ2) is 6.26. The van der Waals surface area contributed by atoms with Gasteiger partial charge in [-0.2, -0.15) is 0 Å². The van der Waals surface area contributed by atoms with Crippen LogP contribution in [0.25, 0.3) is 5.57 Å². The summed E-state index contributed by atoms with van der Waals surface area (Å²) in [5, 5.41) is 0.629. The van der Waals surface area contributed by atoms with Crippen LogP contribution in [0.3, 0.4) is 0 Å². The highest BCUT2D eigenvalue weighted by Crippen LogP contribution is 2.30. The zero-order chi connectivity index (χ0) is 14.5. The molecular weight excluding hydrogens is 276 g/mol. The first-order valence-corrected chi connectivity index (χ1v) is 6.29. The molecule has 0 saturated carbocycles. The molecule has 0 aliphatic carbocycles. The van der Waals surface area contributed by atoms with Crippen LogP contribution in [0.1, 0.15) is 5.56 Å². The maximum Gasteiger partial charge on any atom is 0.337 e. The van der Waals surface area contributed by atoms with Crippen molar-refractivity contribution in [2.24, 2.45) is 0 Å². The molecule has 4 heteroatoms. The maximum atomic E-state index is 11.6. The molecule has 0 heterocycles. The van der Waals surface area contributed by atoms with E-state index < -0.39 is 5.97 Å². The van der Waals surface area contributed by atoms with Crippen molar-refractivity contribution < 1.29 is 14.3 Å². The van der Waals surface area contributed by atoms with Crippen molar-refractivity contribution in [1.82, 2.24) is 0 Å². The fourth-order valence-electron chi connectivity index (χ4n) is 1.67. The predicted octanol–water partition coefficient (Wildman–Crippen LogP) is 4.32. The Bertz CT molecular complexity index is 632. The van der Waals surface area contributed by atoms with Crippen LogP contribution in [-0.2, 0) is 9.53 Å². The third kappa shape index (κ3) is 3.19. The number of carbonyl (C=O) groups is 1. The molecule has 2 aromatic rings. The zero-order valence-electron chi connectivity index (χ0n) is 10.9. The van der Waals surface area contributed by atoms with Gasteiger partial charge in [0.15, 0.2) is 0 Å². The molecule has 2 rings (SSSR count). The highest BCUT2D eigenvalue weighted by atomic mass is 35.5. The van der Waals surface area contributed by atoms with Gasteiger partial charge in [-0.3, -0.25) is 0 Å². The number of halogens is 1. The van der Waals surface area contributed by atoms with Gasteiger partial charge in [0.1, 0.15) is 11.5 Å². The number of rotatable bonds is 4. The summed E-state index contributed by atoms with van der Waals surface area (Å²) in [6.07, 6.45) is 0. The van der Waals surface area contributed by atoms with Crippen LogP contribution in [0.15, 0.2) is 55.1 Å². The van der Waals surface area contributed by atoms with Gasteiger partial charge in [-0.05, 0) is 30.3 Å². The monoisotopic (exact) mass is 288 g/mol. The standard InChI is InChI=1S/C16H13ClO3/c1-11(16(18)19-2)14-5-3-4-6-15(14)20-13-9-7-12(17)8-10-13/h3-10H,1H2,2H3. The van der Waals surface area contributed by atoms with Gasteiger partial charge in [-0.1, -0.05) is 36.4 Å². The Labute approximate surface area is 122 Å². The third-order valence-corrected chi connectivity index (χ3v) is 2.94. The van der Waals surface area contributed by atoms with Crippen molar-refractivity contribution >= 4 is 23.1 Å². The number of ether oxygens (including phenoxy) is 2. The Morgan fingerprint density at radius 3 is 2.40 bits per heavy atom. The summed E-state index contributed by atoms with van der Waals surface area (Å²) in [7, 11) is 1.32. The Balaban J connectivity index is 2.30. The molecule has 0 atom stereocenters. The van der Waals surface area contributed by atoms with E-state index in [4.69, 9.17) is 16.3 Å². The maximum absolute atomic E-state index is 11.6. The highest BCUT2D eigenvalue weighted by molar-refractivity contribution is 6.30. The average Bonchev–Trinajstić information content (AvgIpc) is 2.48. The average molecular weight is 289 g/mol. The fourth-order valence-corrected chi connectivity index (χ4v) is 1.79. The van der Waals surface area contributed by atoms with Crippen molar-refractivity contribution in [2.75, 3.05) is 7.11 Å². The summed E-state index contributed by atoms with van der Waals surface area (Å²) in [6, 6.07) is 14.1. The number of para-hydroxylation sites is 1. The SMILES string of the molecule is C=C(C(=O)OC)c1ccccc1Oc1ccc(Cl)cc1. The van der Waals surface area contributed by atoms with E-state index in [1.54, 1.807) is 42.5 Å². The molecule has 0 aliphatic heterocycles. The van der Waals surface area contributed by atoms with Gasteiger partial charge < -0.3 is 9.47 Å². The molecule has 0 aliphatic rings. The highest BCUT2D eigenvalue weighted by Gasteiger charge is 2.14. The summed E-state index contributed by atoms with van der Waals surface area (Å²) in [4.78, 5) is 11.6. The Morgan fingerprint density at radius 1 is 1.10 bits per heavy atom. The lowest BCUT2D eigenvalue weighted by Gasteiger charge is -2.11. The molecule has 0 radical (unpaired) electrons. The van der Waals surface area contributed by atoms with Crippen LogP contribution in [0, 0.1) is 0 Å². The summed E-state index contributed by atoms with van der Waals surface area (Å²) >= 11 is 5.83. The molecule has 3 nitrogen and oxygen atoms in total. The second-order valence-electron chi connectivity index (χ2n) is 4.02. The Morgan fingerprint density at radius 2 is 1.75 bits per heavy atom. The molecule has 0 amide bonds. The Hall–Kier alpha value is -2.26. The van der Waals surface area contributed by atoms with Crippen molar-refractivity contribution in [3.05, 3.63) is 65.7 Å². The van der Waals surface area contributed by atoms with Crippen molar-refractivity contribution in [1.29, 1.82) is 0 Å². The Kier molecular flexibility index (Phi) is 4.43. The summed E-state index contributed by atoms with van der Waals surface area (Å²) in [5.74, 6) is 0.668. The van der Waals surface area contributed by atoms with E-state index in [1.165, 1.54) is 7.11 Å². The fraction of sp³-hybridized carbons (Fsp3) is 0.0625. The minimum Gasteiger partial charge on any atom is -0.465 e. The first-order chi connectivity index (χ1) is 9.61. The lowest BCUT2D eigenvalue weighted by atomic mass is 10.1. The number of esters is 1. The minimum atomic E-state index is -0.489. The molecular formula is C16H13ClO3. The smallest absolute Gasteiger partial charge is 0.337 e. The molecule has 2 aromatic carbocycles. The number of carbonyl (C=O) groups excluding carboxylic acids is 1.